The van der Waals surface area contributed by atoms with Gasteiger partial charge in [0.05, 0.1) is 17.7 Å². The number of fused-ring (bicyclic) bond motifs is 2. The van der Waals surface area contributed by atoms with Gasteiger partial charge in [0.2, 0.25) is 5.88 Å². The zero-order chi connectivity index (χ0) is 16.6. The molecule has 0 spiro atoms. The Labute approximate surface area is 137 Å². The molecule has 0 atom stereocenters. The molecule has 0 bridgehead atoms. The summed E-state index contributed by atoms with van der Waals surface area (Å²) in [4.78, 5) is 29.4. The van der Waals surface area contributed by atoms with Crippen molar-refractivity contribution in [2.24, 2.45) is 5.92 Å². The lowest BCUT2D eigenvalue weighted by molar-refractivity contribution is 0.0459. The summed E-state index contributed by atoms with van der Waals surface area (Å²) in [6.45, 7) is 4.31. The van der Waals surface area contributed by atoms with Crippen LogP contribution in [0.1, 0.15) is 35.3 Å². The number of carbonyl (C=O) groups is 1. The lowest BCUT2D eigenvalue weighted by Crippen LogP contribution is -2.19. The quantitative estimate of drug-likeness (QED) is 0.569. The van der Waals surface area contributed by atoms with Crippen LogP contribution >= 0.6 is 12.2 Å². The molecule has 120 valence electrons. The molecule has 0 unspecified atom stereocenters. The third-order valence-corrected chi connectivity index (χ3v) is 3.63. The van der Waals surface area contributed by atoms with Crippen molar-refractivity contribution in [3.8, 4) is 11.6 Å². The number of nitrogens with one attached hydrogen (secondary N) is 2. The number of carbonyl (C=O) groups excluding carboxylic acids is 1. The van der Waals surface area contributed by atoms with Crippen molar-refractivity contribution in [2.45, 2.75) is 20.3 Å². The molecule has 6 nitrogen and oxygen atoms in total. The molecule has 0 aliphatic carbocycles. The largest absolute Gasteiger partial charge is 0.462 e. The molecule has 1 aromatic heterocycles. The first kappa shape index (κ1) is 15.5. The van der Waals surface area contributed by atoms with E-state index in [1.807, 2.05) is 13.8 Å². The molecule has 0 amide bonds. The second-order valence-corrected chi connectivity index (χ2v) is 6.22. The summed E-state index contributed by atoms with van der Waals surface area (Å²) in [5.74, 6) is 0.831. The first-order chi connectivity index (χ1) is 10.9. The van der Waals surface area contributed by atoms with Gasteiger partial charge in [0.1, 0.15) is 5.75 Å². The fourth-order valence-corrected chi connectivity index (χ4v) is 2.49. The molecule has 2 N–H and O–H groups in total. The number of H-pyrrole nitrogens is 2. The average molecular weight is 332 g/mol. The average Bonchev–Trinajstić information content (AvgIpc) is 2.50. The second kappa shape index (κ2) is 6.00. The summed E-state index contributed by atoms with van der Waals surface area (Å²) >= 11 is 4.94. The summed E-state index contributed by atoms with van der Waals surface area (Å²) in [5, 5.41) is 0. The molecule has 2 heterocycles. The monoisotopic (exact) mass is 332 g/mol. The summed E-state index contributed by atoms with van der Waals surface area (Å²) in [5.41, 5.74) is 1.37. The van der Waals surface area contributed by atoms with Crippen LogP contribution in [0.2, 0.25) is 0 Å². The highest BCUT2D eigenvalue weighted by Gasteiger charge is 2.22. The molecule has 2 aromatic rings. The highest BCUT2D eigenvalue weighted by molar-refractivity contribution is 7.71. The van der Waals surface area contributed by atoms with Crippen molar-refractivity contribution in [2.75, 3.05) is 6.61 Å². The molecule has 0 radical (unpaired) electrons. The molecule has 1 aromatic carbocycles. The Bertz CT molecular complexity index is 882. The lowest BCUT2D eigenvalue weighted by Gasteiger charge is -2.19. The van der Waals surface area contributed by atoms with Crippen LogP contribution in [-0.2, 0) is 11.2 Å². The van der Waals surface area contributed by atoms with E-state index in [0.29, 0.717) is 35.8 Å². The Morgan fingerprint density at radius 3 is 2.91 bits per heavy atom. The van der Waals surface area contributed by atoms with E-state index in [9.17, 15) is 9.59 Å². The van der Waals surface area contributed by atoms with Gasteiger partial charge in [-0.15, -0.1) is 0 Å². The molecular weight excluding hydrogens is 316 g/mol. The van der Waals surface area contributed by atoms with Crippen LogP contribution in [0.25, 0.3) is 0 Å². The first-order valence-electron chi connectivity index (χ1n) is 7.27. The standard InChI is InChI=1S/C16H16N2O4S/c1-8(2)7-21-15(20)9-3-4-12-10(5-9)6-11-13(19)17-16(23)18-14(11)22-12/h3-5,8H,6-7H2,1-2H3,(H2,17,18,19,23). The third-order valence-electron chi connectivity index (χ3n) is 3.43. The van der Waals surface area contributed by atoms with E-state index in [-0.39, 0.29) is 22.2 Å². The minimum Gasteiger partial charge on any atom is -0.462 e. The maximum Gasteiger partial charge on any atom is 0.338 e. The first-order valence-corrected chi connectivity index (χ1v) is 7.68. The summed E-state index contributed by atoms with van der Waals surface area (Å²) in [6, 6.07) is 5.04. The molecule has 1 aliphatic rings. The number of rotatable bonds is 3. The SMILES string of the molecule is CC(C)COC(=O)c1ccc2c(c1)Cc1c([nH]c(=S)[nH]c1=O)O2. The molecule has 7 heteroatoms. The Hall–Kier alpha value is -2.41. The van der Waals surface area contributed by atoms with Crippen LogP contribution in [-0.4, -0.2) is 22.5 Å². The van der Waals surface area contributed by atoms with E-state index in [1.54, 1.807) is 18.2 Å². The van der Waals surface area contributed by atoms with Crippen molar-refractivity contribution in [1.29, 1.82) is 0 Å². The predicted molar refractivity (Wildman–Crippen MR) is 86.7 cm³/mol. The number of ether oxygens (including phenoxy) is 2. The van der Waals surface area contributed by atoms with E-state index in [0.717, 1.165) is 5.56 Å². The van der Waals surface area contributed by atoms with Crippen LogP contribution in [0.5, 0.6) is 11.6 Å². The normalized spacial score (nSPS) is 12.3. The highest BCUT2D eigenvalue weighted by Crippen LogP contribution is 2.33. The van der Waals surface area contributed by atoms with Gasteiger partial charge in [-0.1, -0.05) is 13.8 Å². The van der Waals surface area contributed by atoms with Gasteiger partial charge < -0.3 is 14.5 Å². The number of hydrogen-bond acceptors (Lipinski definition) is 5. The van der Waals surface area contributed by atoms with Crippen LogP contribution in [0.3, 0.4) is 0 Å². The number of benzene rings is 1. The van der Waals surface area contributed by atoms with Gasteiger partial charge in [0, 0.05) is 12.0 Å². The molecule has 0 saturated heterocycles. The van der Waals surface area contributed by atoms with Crippen LogP contribution in [0.15, 0.2) is 23.0 Å². The zero-order valence-electron chi connectivity index (χ0n) is 12.8. The van der Waals surface area contributed by atoms with Gasteiger partial charge in [-0.25, -0.2) is 4.79 Å². The molecule has 3 rings (SSSR count). The summed E-state index contributed by atoms with van der Waals surface area (Å²) < 4.78 is 11.1. The van der Waals surface area contributed by atoms with Gasteiger partial charge in [0.15, 0.2) is 4.77 Å². The predicted octanol–water partition coefficient (Wildman–Crippen LogP) is 2.94. The zero-order valence-corrected chi connectivity index (χ0v) is 13.6. The van der Waals surface area contributed by atoms with Crippen molar-refractivity contribution in [3.63, 3.8) is 0 Å². The maximum absolute atomic E-state index is 12.0. The van der Waals surface area contributed by atoms with Crippen LogP contribution in [0.4, 0.5) is 0 Å². The number of hydrogen-bond donors (Lipinski definition) is 2. The van der Waals surface area contributed by atoms with Gasteiger partial charge in [0.25, 0.3) is 5.56 Å². The molecular formula is C16H16N2O4S. The summed E-state index contributed by atoms with van der Waals surface area (Å²) in [6.07, 6.45) is 0.359. The fourth-order valence-electron chi connectivity index (χ4n) is 2.31. The molecule has 1 aliphatic heterocycles. The Morgan fingerprint density at radius 1 is 1.39 bits per heavy atom. The summed E-state index contributed by atoms with van der Waals surface area (Å²) in [7, 11) is 0. The van der Waals surface area contributed by atoms with E-state index >= 15 is 0 Å². The Balaban J connectivity index is 1.90. The third kappa shape index (κ3) is 3.19. The van der Waals surface area contributed by atoms with Crippen molar-refractivity contribution >= 4 is 18.2 Å². The number of esters is 1. The van der Waals surface area contributed by atoms with Crippen LogP contribution < -0.4 is 10.3 Å². The molecule has 0 saturated carbocycles. The van der Waals surface area contributed by atoms with Crippen molar-refractivity contribution < 1.29 is 14.3 Å². The number of aromatic amines is 2. The van der Waals surface area contributed by atoms with E-state index < -0.39 is 0 Å². The topological polar surface area (TPSA) is 84.2 Å². The van der Waals surface area contributed by atoms with Gasteiger partial charge in [-0.3, -0.25) is 9.78 Å². The molecule has 23 heavy (non-hydrogen) atoms. The minimum absolute atomic E-state index is 0.214. The second-order valence-electron chi connectivity index (χ2n) is 5.81. The Kier molecular flexibility index (Phi) is 4.04. The van der Waals surface area contributed by atoms with Crippen LogP contribution in [0, 0.1) is 10.7 Å². The van der Waals surface area contributed by atoms with Crippen molar-refractivity contribution in [1.82, 2.24) is 9.97 Å². The Morgan fingerprint density at radius 2 is 2.17 bits per heavy atom. The van der Waals surface area contributed by atoms with Gasteiger partial charge in [-0.2, -0.15) is 0 Å². The van der Waals surface area contributed by atoms with E-state index in [1.165, 1.54) is 0 Å². The molecule has 0 fully saturated rings. The minimum atomic E-state index is -0.381. The highest BCUT2D eigenvalue weighted by atomic mass is 32.1. The van der Waals surface area contributed by atoms with Crippen molar-refractivity contribution in [3.05, 3.63) is 50.0 Å². The van der Waals surface area contributed by atoms with E-state index in [4.69, 9.17) is 21.7 Å². The van der Waals surface area contributed by atoms with E-state index in [2.05, 4.69) is 9.97 Å². The lowest BCUT2D eigenvalue weighted by atomic mass is 10.0. The van der Waals surface area contributed by atoms with Gasteiger partial charge >= 0.3 is 5.97 Å². The smallest absolute Gasteiger partial charge is 0.338 e. The number of aromatic nitrogens is 2. The maximum atomic E-state index is 12.0. The van der Waals surface area contributed by atoms with Gasteiger partial charge in [-0.05, 0) is 36.3 Å². The fraction of sp³-hybridized carbons (Fsp3) is 0.312.